The van der Waals surface area contributed by atoms with Crippen LogP contribution >= 0.6 is 0 Å². The largest absolute Gasteiger partial charge is 0.340 e. The summed E-state index contributed by atoms with van der Waals surface area (Å²) < 4.78 is 34.0. The minimum Gasteiger partial charge on any atom is -0.340 e. The smallest absolute Gasteiger partial charge is 0.223 e. The van der Waals surface area contributed by atoms with E-state index in [0.717, 1.165) is 24.1 Å². The van der Waals surface area contributed by atoms with Gasteiger partial charge in [0.15, 0.2) is 5.82 Å². The van der Waals surface area contributed by atoms with Crippen LogP contribution in [0.15, 0.2) is 40.9 Å². The number of rotatable bonds is 2. The van der Waals surface area contributed by atoms with Gasteiger partial charge in [-0.05, 0) is 47.9 Å². The van der Waals surface area contributed by atoms with E-state index in [1.807, 2.05) is 0 Å². The fraction of sp³-hybridized carbons (Fsp3) is 0.364. The molecular weight excluding hydrogens is 374 g/mol. The Labute approximate surface area is 166 Å². The number of benzene rings is 1. The van der Waals surface area contributed by atoms with E-state index in [2.05, 4.69) is 46.3 Å². The Hall–Kier alpha value is -2.96. The predicted octanol–water partition coefficient (Wildman–Crippen LogP) is 4.87. The van der Waals surface area contributed by atoms with E-state index in [-0.39, 0.29) is 22.6 Å². The van der Waals surface area contributed by atoms with Gasteiger partial charge < -0.3 is 4.52 Å². The lowest BCUT2D eigenvalue weighted by Gasteiger charge is -2.38. The Balaban J connectivity index is 1.77. The molecule has 2 bridgehead atoms. The van der Waals surface area contributed by atoms with Gasteiger partial charge >= 0.3 is 0 Å². The van der Waals surface area contributed by atoms with Gasteiger partial charge in [-0.2, -0.15) is 10.1 Å². The molecule has 6 rings (SSSR count). The van der Waals surface area contributed by atoms with Crippen LogP contribution in [0, 0.1) is 24.0 Å². The molecule has 3 aromatic rings. The summed E-state index contributed by atoms with van der Waals surface area (Å²) >= 11 is 0. The van der Waals surface area contributed by atoms with Gasteiger partial charge in [0, 0.05) is 6.92 Å². The zero-order chi connectivity index (χ0) is 20.4. The summed E-state index contributed by atoms with van der Waals surface area (Å²) in [6.45, 7) is 6.06. The highest BCUT2D eigenvalue weighted by molar-refractivity contribution is 5.63. The van der Waals surface area contributed by atoms with Gasteiger partial charge in [0.1, 0.15) is 11.6 Å². The lowest BCUT2D eigenvalue weighted by molar-refractivity contribution is 0.314. The van der Waals surface area contributed by atoms with E-state index >= 15 is 0 Å². The normalized spacial score (nSPS) is 24.4. The fourth-order valence-electron chi connectivity index (χ4n) is 4.71. The highest BCUT2D eigenvalue weighted by Gasteiger charge is 2.50. The average molecular weight is 394 g/mol. The molecule has 0 fully saturated rings. The standard InChI is InChI=1S/C22H20F2N4O/c1-12-25-20(28-29-12)22-8-7-14(21(2,3)9-10-22)13-11-17(26-27-19(13)22)18-15(23)5-4-6-16(18)24/h4-6,9-11,14H,7-8H2,1-3H3/t14-,22+/m0/s1. The second-order valence-electron chi connectivity index (χ2n) is 8.48. The first kappa shape index (κ1) is 18.1. The first-order chi connectivity index (χ1) is 13.8. The van der Waals surface area contributed by atoms with Gasteiger partial charge in [-0.3, -0.25) is 0 Å². The molecule has 29 heavy (non-hydrogen) atoms. The number of aromatic nitrogens is 4. The summed E-state index contributed by atoms with van der Waals surface area (Å²) in [6, 6.07) is 5.58. The molecule has 0 radical (unpaired) electrons. The maximum absolute atomic E-state index is 14.4. The molecule has 3 aliphatic carbocycles. The van der Waals surface area contributed by atoms with Gasteiger partial charge in [-0.15, -0.1) is 5.10 Å². The van der Waals surface area contributed by atoms with Crippen molar-refractivity contribution in [3.05, 3.63) is 71.0 Å². The van der Waals surface area contributed by atoms with E-state index in [9.17, 15) is 8.78 Å². The van der Waals surface area contributed by atoms with Gasteiger partial charge in [0.05, 0.1) is 22.4 Å². The zero-order valence-corrected chi connectivity index (χ0v) is 16.4. The lowest BCUT2D eigenvalue weighted by atomic mass is 9.66. The topological polar surface area (TPSA) is 64.7 Å². The van der Waals surface area contributed by atoms with Gasteiger partial charge in [0.25, 0.3) is 0 Å². The monoisotopic (exact) mass is 394 g/mol. The van der Waals surface area contributed by atoms with Crippen molar-refractivity contribution >= 4 is 0 Å². The van der Waals surface area contributed by atoms with E-state index in [1.54, 1.807) is 13.0 Å². The van der Waals surface area contributed by atoms with Crippen LogP contribution < -0.4 is 0 Å². The number of allylic oxidation sites excluding steroid dienone is 2. The fourth-order valence-corrected chi connectivity index (χ4v) is 4.71. The second kappa shape index (κ2) is 6.02. The van der Waals surface area contributed by atoms with Crippen molar-refractivity contribution < 1.29 is 13.3 Å². The molecule has 5 nitrogen and oxygen atoms in total. The SMILES string of the molecule is Cc1nc([C@@]23C=CC(C)(C)[C@@H](CC2)c2cc(-c4c(F)cccc4F)nnc23)no1. The number of fused-ring (bicyclic) bond motifs is 2. The third kappa shape index (κ3) is 2.56. The Morgan fingerprint density at radius 3 is 2.55 bits per heavy atom. The zero-order valence-electron chi connectivity index (χ0n) is 16.4. The maximum Gasteiger partial charge on any atom is 0.223 e. The molecule has 0 saturated carbocycles. The summed E-state index contributed by atoms with van der Waals surface area (Å²) in [5.74, 6) is -0.143. The van der Waals surface area contributed by atoms with Crippen LogP contribution in [0.3, 0.4) is 0 Å². The van der Waals surface area contributed by atoms with Crippen LogP contribution in [0.4, 0.5) is 8.78 Å². The third-order valence-corrected chi connectivity index (χ3v) is 6.29. The highest BCUT2D eigenvalue weighted by atomic mass is 19.1. The molecule has 2 heterocycles. The minimum absolute atomic E-state index is 0.140. The highest BCUT2D eigenvalue weighted by Crippen LogP contribution is 2.55. The molecule has 7 heteroatoms. The molecule has 3 aliphatic rings. The molecule has 2 aromatic heterocycles. The summed E-state index contributed by atoms with van der Waals surface area (Å²) in [4.78, 5) is 4.48. The molecule has 2 atom stereocenters. The van der Waals surface area contributed by atoms with E-state index in [1.165, 1.54) is 18.2 Å². The van der Waals surface area contributed by atoms with Crippen LogP contribution in [-0.2, 0) is 5.41 Å². The molecule has 0 amide bonds. The minimum atomic E-state index is -0.656. The average Bonchev–Trinajstić information content (AvgIpc) is 3.03. The molecule has 0 unspecified atom stereocenters. The number of hydrogen-bond acceptors (Lipinski definition) is 5. The molecule has 0 aliphatic heterocycles. The predicted molar refractivity (Wildman–Crippen MR) is 102 cm³/mol. The summed E-state index contributed by atoms with van der Waals surface area (Å²) in [7, 11) is 0. The Morgan fingerprint density at radius 1 is 1.10 bits per heavy atom. The van der Waals surface area contributed by atoms with Gasteiger partial charge in [-0.1, -0.05) is 37.2 Å². The molecule has 0 N–H and O–H groups in total. The second-order valence-corrected chi connectivity index (χ2v) is 8.48. The number of halogens is 2. The summed E-state index contributed by atoms with van der Waals surface area (Å²) in [6.07, 6.45) is 5.90. The van der Waals surface area contributed by atoms with Crippen molar-refractivity contribution in [2.75, 3.05) is 0 Å². The van der Waals surface area contributed by atoms with Crippen LogP contribution in [0.5, 0.6) is 0 Å². The Kier molecular flexibility index (Phi) is 3.75. The van der Waals surface area contributed by atoms with Crippen LogP contribution in [0.2, 0.25) is 0 Å². The van der Waals surface area contributed by atoms with E-state index in [0.29, 0.717) is 11.7 Å². The van der Waals surface area contributed by atoms with Crippen molar-refractivity contribution in [2.45, 2.75) is 44.9 Å². The molecule has 0 spiro atoms. The van der Waals surface area contributed by atoms with Crippen molar-refractivity contribution in [3.8, 4) is 11.3 Å². The molecule has 148 valence electrons. The number of hydrogen-bond donors (Lipinski definition) is 0. The first-order valence-corrected chi connectivity index (χ1v) is 9.65. The number of aryl methyl sites for hydroxylation is 1. The maximum atomic E-state index is 14.4. The Bertz CT molecular complexity index is 1130. The van der Waals surface area contributed by atoms with Crippen molar-refractivity contribution in [2.24, 2.45) is 5.41 Å². The van der Waals surface area contributed by atoms with Crippen molar-refractivity contribution in [3.63, 3.8) is 0 Å². The summed E-state index contributed by atoms with van der Waals surface area (Å²) in [5.41, 5.74) is 0.884. The van der Waals surface area contributed by atoms with Crippen LogP contribution in [0.1, 0.15) is 55.6 Å². The van der Waals surface area contributed by atoms with Crippen molar-refractivity contribution in [1.82, 2.24) is 20.3 Å². The molecule has 1 aromatic carbocycles. The molecular formula is C22H20F2N4O. The first-order valence-electron chi connectivity index (χ1n) is 9.65. The van der Waals surface area contributed by atoms with E-state index < -0.39 is 17.0 Å². The van der Waals surface area contributed by atoms with Gasteiger partial charge in [0.2, 0.25) is 5.89 Å². The lowest BCUT2D eigenvalue weighted by Crippen LogP contribution is -2.34. The molecule has 0 saturated heterocycles. The van der Waals surface area contributed by atoms with Gasteiger partial charge in [-0.25, -0.2) is 8.78 Å². The quantitative estimate of drug-likeness (QED) is 0.580. The van der Waals surface area contributed by atoms with Crippen molar-refractivity contribution in [1.29, 1.82) is 0 Å². The van der Waals surface area contributed by atoms with Crippen LogP contribution in [0.25, 0.3) is 11.3 Å². The van der Waals surface area contributed by atoms with E-state index in [4.69, 9.17) is 4.52 Å². The number of nitrogens with zero attached hydrogens (tertiary/aromatic N) is 4. The summed E-state index contributed by atoms with van der Waals surface area (Å²) in [5, 5.41) is 12.9. The van der Waals surface area contributed by atoms with Crippen LogP contribution in [-0.4, -0.2) is 20.3 Å². The third-order valence-electron chi connectivity index (χ3n) is 6.29. The Morgan fingerprint density at radius 2 is 1.86 bits per heavy atom.